The van der Waals surface area contributed by atoms with Crippen molar-refractivity contribution in [2.45, 2.75) is 106 Å². The van der Waals surface area contributed by atoms with Gasteiger partial charge in [0.05, 0.1) is 17.3 Å². The highest BCUT2D eigenvalue weighted by Crippen LogP contribution is 2.13. The first-order valence-corrected chi connectivity index (χ1v) is 17.3. The summed E-state index contributed by atoms with van der Waals surface area (Å²) in [5, 5.41) is 9.53. The van der Waals surface area contributed by atoms with Crippen molar-refractivity contribution >= 4 is 25.8 Å². The van der Waals surface area contributed by atoms with E-state index < -0.39 is 9.84 Å². The van der Waals surface area contributed by atoms with Gasteiger partial charge in [-0.25, -0.2) is 8.42 Å². The fourth-order valence-corrected chi connectivity index (χ4v) is 5.16. The van der Waals surface area contributed by atoms with Gasteiger partial charge in [-0.15, -0.1) is 0 Å². The molecule has 0 saturated carbocycles. The first kappa shape index (κ1) is 41.2. The molecule has 3 nitrogen and oxygen atoms in total. The summed E-state index contributed by atoms with van der Waals surface area (Å²) in [7, 11) is -3.19. The predicted molar refractivity (Wildman–Crippen MR) is 187 cm³/mol. The Kier molecular flexibility index (Phi) is 25.9. The third-order valence-electron chi connectivity index (χ3n) is 5.89. The van der Waals surface area contributed by atoms with Crippen LogP contribution in [0.4, 0.5) is 0 Å². The second-order valence-corrected chi connectivity index (χ2v) is 13.7. The van der Waals surface area contributed by atoms with Crippen molar-refractivity contribution < 1.29 is 13.5 Å². The highest BCUT2D eigenvalue weighted by Gasteiger charge is 2.11. The van der Waals surface area contributed by atoms with E-state index in [1.54, 1.807) is 24.3 Å². The van der Waals surface area contributed by atoms with Gasteiger partial charge in [0, 0.05) is 5.33 Å². The molecule has 0 saturated heterocycles. The van der Waals surface area contributed by atoms with E-state index >= 15 is 0 Å². The number of aliphatic hydroxyl groups excluding tert-OH is 1. The summed E-state index contributed by atoms with van der Waals surface area (Å²) in [4.78, 5) is 0.392. The first-order valence-electron chi connectivity index (χ1n) is 14.6. The Hall–Kier alpha value is -1.95. The maximum atomic E-state index is 12.1. The minimum Gasteiger partial charge on any atom is -0.392 e. The fourth-order valence-electron chi connectivity index (χ4n) is 3.34. The second-order valence-electron chi connectivity index (χ2n) is 11.0. The van der Waals surface area contributed by atoms with Gasteiger partial charge in [0.2, 0.25) is 0 Å². The summed E-state index contributed by atoms with van der Waals surface area (Å²) in [5.74, 6) is 0.0810. The quantitative estimate of drug-likeness (QED) is 0.161. The standard InChI is InChI=1S/C16H22O2S.C10H17Br.C10H18O/c1-14(2)8-7-9-15(3)12-13-19(17,18)16-10-5-4-6-11-16;2*1-9(2)5-4-6-10(3)7-8-11/h4-6,8,10-12H,7,9,13H2,1-3H3;5,7H,4,6,8H2,1-3H3;5,7,11H,4,6,8H2,1-3H3/b15-12+;2*10-7+. The summed E-state index contributed by atoms with van der Waals surface area (Å²) in [5.41, 5.74) is 7.93. The third-order valence-corrected chi connectivity index (χ3v) is 7.81. The number of hydrogen-bond acceptors (Lipinski definition) is 3. The van der Waals surface area contributed by atoms with Crippen LogP contribution in [0.15, 0.2) is 105 Å². The van der Waals surface area contributed by atoms with Crippen molar-refractivity contribution in [2.24, 2.45) is 0 Å². The predicted octanol–water partition coefficient (Wildman–Crippen LogP) is 10.9. The fraction of sp³-hybridized carbons (Fsp3) is 0.500. The number of aliphatic hydroxyl groups is 1. The lowest BCUT2D eigenvalue weighted by Crippen LogP contribution is -2.04. The van der Waals surface area contributed by atoms with Crippen molar-refractivity contribution in [3.63, 3.8) is 0 Å². The average Bonchev–Trinajstić information content (AvgIpc) is 2.88. The SMILES string of the molecule is CC(C)=CCC/C(C)=C/CBr.CC(C)=CCC/C(C)=C/CO.CC(C)=CCC/C(C)=C/CS(=O)(=O)c1ccccc1. The van der Waals surface area contributed by atoms with Crippen molar-refractivity contribution in [2.75, 3.05) is 17.7 Å². The van der Waals surface area contributed by atoms with E-state index in [2.05, 4.69) is 95.6 Å². The van der Waals surface area contributed by atoms with Gasteiger partial charge < -0.3 is 5.11 Å². The highest BCUT2D eigenvalue weighted by atomic mass is 79.9. The van der Waals surface area contributed by atoms with Gasteiger partial charge in [0.1, 0.15) is 0 Å². The van der Waals surface area contributed by atoms with Crippen LogP contribution >= 0.6 is 15.9 Å². The monoisotopic (exact) mass is 648 g/mol. The number of hydrogen-bond donors (Lipinski definition) is 1. The van der Waals surface area contributed by atoms with Crippen LogP contribution in [-0.4, -0.2) is 31.2 Å². The van der Waals surface area contributed by atoms with Crippen LogP contribution in [0, 0.1) is 0 Å². The number of allylic oxidation sites excluding steroid dienone is 10. The molecule has 0 aliphatic carbocycles. The zero-order valence-corrected chi connectivity index (χ0v) is 29.7. The lowest BCUT2D eigenvalue weighted by molar-refractivity contribution is 0.341. The maximum Gasteiger partial charge on any atom is 0.181 e. The molecule has 0 aliphatic heterocycles. The Bertz CT molecular complexity index is 1070. The summed E-state index contributed by atoms with van der Waals surface area (Å²) in [6, 6.07) is 8.60. The minimum absolute atomic E-state index is 0.0810. The topological polar surface area (TPSA) is 54.4 Å². The number of benzene rings is 1. The van der Waals surface area contributed by atoms with Crippen LogP contribution in [0.25, 0.3) is 0 Å². The number of sulfone groups is 1. The van der Waals surface area contributed by atoms with Gasteiger partial charge >= 0.3 is 0 Å². The minimum atomic E-state index is -3.19. The molecule has 5 heteroatoms. The molecule has 0 radical (unpaired) electrons. The molecule has 1 N–H and O–H groups in total. The van der Waals surface area contributed by atoms with Gasteiger partial charge in [-0.3, -0.25) is 0 Å². The molecule has 0 heterocycles. The van der Waals surface area contributed by atoms with E-state index in [0.717, 1.165) is 36.6 Å². The molecule has 1 rings (SSSR count). The van der Waals surface area contributed by atoms with E-state index in [0.29, 0.717) is 4.90 Å². The number of alkyl halides is 1. The Morgan fingerprint density at radius 3 is 1.39 bits per heavy atom. The molecule has 0 bridgehead atoms. The zero-order chi connectivity index (χ0) is 31.7. The Morgan fingerprint density at radius 2 is 1.02 bits per heavy atom. The van der Waals surface area contributed by atoms with Crippen LogP contribution in [0.5, 0.6) is 0 Å². The van der Waals surface area contributed by atoms with Crippen molar-refractivity contribution in [3.05, 3.63) is 100 Å². The van der Waals surface area contributed by atoms with Gasteiger partial charge in [-0.05, 0) is 113 Å². The molecule has 0 atom stereocenters. The summed E-state index contributed by atoms with van der Waals surface area (Å²) in [6.45, 7) is 19.0. The lowest BCUT2D eigenvalue weighted by Gasteiger charge is -2.03. The molecule has 0 aliphatic rings. The number of rotatable bonds is 14. The van der Waals surface area contributed by atoms with Crippen LogP contribution in [0.2, 0.25) is 0 Å². The Morgan fingerprint density at radius 1 is 0.634 bits per heavy atom. The summed E-state index contributed by atoms with van der Waals surface area (Å²) < 4.78 is 24.1. The molecule has 41 heavy (non-hydrogen) atoms. The molecule has 0 amide bonds. The lowest BCUT2D eigenvalue weighted by atomic mass is 10.1. The zero-order valence-electron chi connectivity index (χ0n) is 27.3. The molecular formula is C36H57BrO3S. The summed E-state index contributed by atoms with van der Waals surface area (Å²) >= 11 is 3.38. The van der Waals surface area contributed by atoms with E-state index in [-0.39, 0.29) is 12.4 Å². The van der Waals surface area contributed by atoms with Crippen molar-refractivity contribution in [1.82, 2.24) is 0 Å². The van der Waals surface area contributed by atoms with E-state index in [1.807, 2.05) is 25.1 Å². The van der Waals surface area contributed by atoms with Crippen LogP contribution in [-0.2, 0) is 9.84 Å². The summed E-state index contributed by atoms with van der Waals surface area (Å²) in [6.07, 6.45) is 19.0. The highest BCUT2D eigenvalue weighted by molar-refractivity contribution is 9.09. The van der Waals surface area contributed by atoms with E-state index in [1.165, 1.54) is 40.7 Å². The van der Waals surface area contributed by atoms with Crippen molar-refractivity contribution in [3.8, 4) is 0 Å². The molecule has 0 spiro atoms. The van der Waals surface area contributed by atoms with Crippen LogP contribution < -0.4 is 0 Å². The van der Waals surface area contributed by atoms with E-state index in [9.17, 15) is 8.42 Å². The molecule has 1 aromatic rings. The third kappa shape index (κ3) is 28.0. The van der Waals surface area contributed by atoms with Gasteiger partial charge in [-0.1, -0.05) is 104 Å². The maximum absolute atomic E-state index is 12.1. The molecular weight excluding hydrogens is 592 g/mol. The largest absolute Gasteiger partial charge is 0.392 e. The Balaban J connectivity index is 0. The first-order chi connectivity index (χ1) is 19.2. The molecule has 1 aromatic carbocycles. The van der Waals surface area contributed by atoms with Gasteiger partial charge in [0.25, 0.3) is 0 Å². The average molecular weight is 650 g/mol. The van der Waals surface area contributed by atoms with Crippen LogP contribution in [0.1, 0.15) is 101 Å². The molecule has 0 fully saturated rings. The van der Waals surface area contributed by atoms with E-state index in [4.69, 9.17) is 5.11 Å². The van der Waals surface area contributed by atoms with Gasteiger partial charge in [-0.2, -0.15) is 0 Å². The van der Waals surface area contributed by atoms with Crippen molar-refractivity contribution in [1.29, 1.82) is 0 Å². The Labute approximate surface area is 262 Å². The molecule has 232 valence electrons. The molecule has 0 aromatic heterocycles. The second kappa shape index (κ2) is 25.7. The molecule has 0 unspecified atom stereocenters. The number of halogens is 1. The normalized spacial score (nSPS) is 11.8. The van der Waals surface area contributed by atoms with Gasteiger partial charge in [0.15, 0.2) is 9.84 Å². The smallest absolute Gasteiger partial charge is 0.181 e. The van der Waals surface area contributed by atoms with Crippen LogP contribution in [0.3, 0.4) is 0 Å².